The summed E-state index contributed by atoms with van der Waals surface area (Å²) in [6, 6.07) is 3.85. The minimum absolute atomic E-state index is 0.237. The van der Waals surface area contributed by atoms with Gasteiger partial charge in [0.05, 0.1) is 0 Å². The van der Waals surface area contributed by atoms with E-state index < -0.39 is 0 Å². The lowest BCUT2D eigenvalue weighted by molar-refractivity contribution is -0.116. The predicted octanol–water partition coefficient (Wildman–Crippen LogP) is 0.574. The molecule has 1 rings (SSSR count). The third-order valence-electron chi connectivity index (χ3n) is 1.46. The molecular formula is C9H11N2O. The Balaban J connectivity index is 2.29. The second-order valence-electron chi connectivity index (χ2n) is 2.46. The van der Waals surface area contributed by atoms with Gasteiger partial charge in [-0.1, -0.05) is 6.07 Å². The standard InChI is InChI=1S/C9H11N2O/c1-8(12)11-6-4-9-3-2-5-10-7-9/h2-3,5,7H,1,4,6H2,(H,11,12). The summed E-state index contributed by atoms with van der Waals surface area (Å²) in [5.74, 6) is -0.237. The molecule has 0 saturated carbocycles. The number of carbonyl (C=O) groups is 1. The minimum atomic E-state index is -0.237. The SMILES string of the molecule is [CH2]C(=O)NCCc1cccnc1. The van der Waals surface area contributed by atoms with Crippen LogP contribution in [0.2, 0.25) is 0 Å². The van der Waals surface area contributed by atoms with Crippen LogP contribution in [0.15, 0.2) is 24.5 Å². The van der Waals surface area contributed by atoms with Gasteiger partial charge in [-0.3, -0.25) is 9.78 Å². The Morgan fingerprint density at radius 3 is 3.08 bits per heavy atom. The third-order valence-corrected chi connectivity index (χ3v) is 1.46. The Morgan fingerprint density at radius 1 is 1.67 bits per heavy atom. The van der Waals surface area contributed by atoms with Gasteiger partial charge < -0.3 is 5.32 Å². The molecule has 0 bridgehead atoms. The number of nitrogens with one attached hydrogen (secondary N) is 1. The summed E-state index contributed by atoms with van der Waals surface area (Å²) in [5, 5.41) is 2.62. The van der Waals surface area contributed by atoms with E-state index in [1.807, 2.05) is 12.1 Å². The number of nitrogens with zero attached hydrogens (tertiary/aromatic N) is 1. The van der Waals surface area contributed by atoms with Crippen molar-refractivity contribution in [3.8, 4) is 0 Å². The maximum absolute atomic E-state index is 10.4. The van der Waals surface area contributed by atoms with Gasteiger partial charge in [0.2, 0.25) is 5.91 Å². The van der Waals surface area contributed by atoms with Crippen molar-refractivity contribution in [2.45, 2.75) is 6.42 Å². The summed E-state index contributed by atoms with van der Waals surface area (Å²) in [7, 11) is 0. The van der Waals surface area contributed by atoms with Crippen molar-refractivity contribution < 1.29 is 4.79 Å². The van der Waals surface area contributed by atoms with Crippen LogP contribution >= 0.6 is 0 Å². The van der Waals surface area contributed by atoms with Gasteiger partial charge in [-0.15, -0.1) is 0 Å². The van der Waals surface area contributed by atoms with Crippen LogP contribution in [-0.4, -0.2) is 17.4 Å². The molecule has 3 nitrogen and oxygen atoms in total. The first kappa shape index (κ1) is 8.71. The second-order valence-corrected chi connectivity index (χ2v) is 2.46. The fraction of sp³-hybridized carbons (Fsp3) is 0.222. The van der Waals surface area contributed by atoms with Crippen molar-refractivity contribution >= 4 is 5.91 Å². The topological polar surface area (TPSA) is 42.0 Å². The zero-order valence-corrected chi connectivity index (χ0v) is 6.79. The van der Waals surface area contributed by atoms with E-state index in [2.05, 4.69) is 17.2 Å². The van der Waals surface area contributed by atoms with Gasteiger partial charge in [0.25, 0.3) is 0 Å². The third kappa shape index (κ3) is 3.14. The number of pyridine rings is 1. The molecule has 63 valence electrons. The van der Waals surface area contributed by atoms with E-state index in [9.17, 15) is 4.79 Å². The van der Waals surface area contributed by atoms with Gasteiger partial charge >= 0.3 is 0 Å². The lowest BCUT2D eigenvalue weighted by atomic mass is 10.2. The van der Waals surface area contributed by atoms with Crippen molar-refractivity contribution in [2.24, 2.45) is 0 Å². The van der Waals surface area contributed by atoms with E-state index in [1.54, 1.807) is 12.4 Å². The molecule has 1 N–H and O–H groups in total. The fourth-order valence-corrected chi connectivity index (χ4v) is 0.892. The molecule has 12 heavy (non-hydrogen) atoms. The Labute approximate surface area is 71.8 Å². The highest BCUT2D eigenvalue weighted by Gasteiger charge is 1.92. The van der Waals surface area contributed by atoms with Crippen LogP contribution in [0.25, 0.3) is 0 Å². The second kappa shape index (κ2) is 4.49. The highest BCUT2D eigenvalue weighted by atomic mass is 16.1. The van der Waals surface area contributed by atoms with Crippen molar-refractivity contribution in [2.75, 3.05) is 6.54 Å². The number of aromatic nitrogens is 1. The van der Waals surface area contributed by atoms with Crippen LogP contribution in [0.4, 0.5) is 0 Å². The number of carbonyl (C=O) groups excluding carboxylic acids is 1. The molecule has 1 heterocycles. The average Bonchev–Trinajstić information content (AvgIpc) is 2.05. The maximum atomic E-state index is 10.4. The molecule has 0 aliphatic carbocycles. The van der Waals surface area contributed by atoms with Gasteiger partial charge in [-0.25, -0.2) is 0 Å². The van der Waals surface area contributed by atoms with Crippen molar-refractivity contribution in [3.05, 3.63) is 37.0 Å². The van der Waals surface area contributed by atoms with Crippen LogP contribution in [0.1, 0.15) is 5.56 Å². The molecule has 0 atom stereocenters. The van der Waals surface area contributed by atoms with Crippen LogP contribution in [0.3, 0.4) is 0 Å². The molecule has 0 aliphatic rings. The van der Waals surface area contributed by atoms with E-state index in [1.165, 1.54) is 0 Å². The molecular weight excluding hydrogens is 152 g/mol. The highest BCUT2D eigenvalue weighted by Crippen LogP contribution is 1.94. The van der Waals surface area contributed by atoms with Crippen molar-refractivity contribution in [3.63, 3.8) is 0 Å². The van der Waals surface area contributed by atoms with Crippen LogP contribution in [0, 0.1) is 6.92 Å². The number of hydrogen-bond acceptors (Lipinski definition) is 2. The number of hydrogen-bond donors (Lipinski definition) is 1. The largest absolute Gasteiger partial charge is 0.356 e. The number of amides is 1. The zero-order chi connectivity index (χ0) is 8.81. The maximum Gasteiger partial charge on any atom is 0.220 e. The van der Waals surface area contributed by atoms with E-state index in [0.717, 1.165) is 12.0 Å². The molecule has 1 aromatic heterocycles. The fourth-order valence-electron chi connectivity index (χ4n) is 0.892. The van der Waals surface area contributed by atoms with Crippen LogP contribution < -0.4 is 5.32 Å². The Morgan fingerprint density at radius 2 is 2.50 bits per heavy atom. The minimum Gasteiger partial charge on any atom is -0.356 e. The molecule has 1 amide bonds. The lowest BCUT2D eigenvalue weighted by Crippen LogP contribution is -2.22. The monoisotopic (exact) mass is 163 g/mol. The molecule has 1 aromatic rings. The van der Waals surface area contributed by atoms with Crippen LogP contribution in [0.5, 0.6) is 0 Å². The molecule has 3 heteroatoms. The predicted molar refractivity (Wildman–Crippen MR) is 46.3 cm³/mol. The molecule has 0 aliphatic heterocycles. The van der Waals surface area contributed by atoms with E-state index in [-0.39, 0.29) is 5.91 Å². The van der Waals surface area contributed by atoms with Gasteiger partial charge in [0.15, 0.2) is 0 Å². The van der Waals surface area contributed by atoms with Gasteiger partial charge in [0.1, 0.15) is 0 Å². The summed E-state index contributed by atoms with van der Waals surface area (Å²) < 4.78 is 0. The normalized spacial score (nSPS) is 9.42. The first-order chi connectivity index (χ1) is 5.79. The van der Waals surface area contributed by atoms with Crippen LogP contribution in [-0.2, 0) is 11.2 Å². The molecule has 1 radical (unpaired) electrons. The summed E-state index contributed by atoms with van der Waals surface area (Å²) in [6.07, 6.45) is 4.31. The first-order valence-electron chi connectivity index (χ1n) is 3.78. The zero-order valence-electron chi connectivity index (χ0n) is 6.79. The van der Waals surface area contributed by atoms with E-state index in [4.69, 9.17) is 0 Å². The number of rotatable bonds is 3. The smallest absolute Gasteiger partial charge is 0.220 e. The summed E-state index contributed by atoms with van der Waals surface area (Å²) >= 11 is 0. The molecule has 0 fully saturated rings. The molecule has 0 unspecified atom stereocenters. The van der Waals surface area contributed by atoms with E-state index in [0.29, 0.717) is 6.54 Å². The lowest BCUT2D eigenvalue weighted by Gasteiger charge is -2.00. The van der Waals surface area contributed by atoms with Crippen molar-refractivity contribution in [1.82, 2.24) is 10.3 Å². The summed E-state index contributed by atoms with van der Waals surface area (Å²) in [6.45, 7) is 3.82. The first-order valence-corrected chi connectivity index (χ1v) is 3.78. The van der Waals surface area contributed by atoms with E-state index >= 15 is 0 Å². The van der Waals surface area contributed by atoms with Gasteiger partial charge in [0, 0.05) is 25.9 Å². The average molecular weight is 163 g/mol. The molecule has 0 spiro atoms. The molecule has 0 saturated heterocycles. The Kier molecular flexibility index (Phi) is 3.26. The summed E-state index contributed by atoms with van der Waals surface area (Å²) in [5.41, 5.74) is 1.12. The van der Waals surface area contributed by atoms with Gasteiger partial charge in [-0.2, -0.15) is 0 Å². The van der Waals surface area contributed by atoms with Crippen molar-refractivity contribution in [1.29, 1.82) is 0 Å². The van der Waals surface area contributed by atoms with Gasteiger partial charge in [-0.05, 0) is 18.1 Å². The Hall–Kier alpha value is -1.38. The molecule has 0 aromatic carbocycles. The Bertz CT molecular complexity index is 246. The summed E-state index contributed by atoms with van der Waals surface area (Å²) in [4.78, 5) is 14.4. The highest BCUT2D eigenvalue weighted by molar-refractivity contribution is 5.79. The quantitative estimate of drug-likeness (QED) is 0.708.